The summed E-state index contributed by atoms with van der Waals surface area (Å²) in [7, 11) is 1.92. The van der Waals surface area contributed by atoms with Crippen molar-refractivity contribution in [2.75, 3.05) is 7.05 Å². The number of hydrogen-bond acceptors (Lipinski definition) is 7. The largest absolute Gasteiger partial charge is 0.451 e. The molecule has 38 heavy (non-hydrogen) atoms. The molecule has 5 rings (SSSR count). The van der Waals surface area contributed by atoms with Crippen LogP contribution in [0.15, 0.2) is 67.5 Å². The summed E-state index contributed by atoms with van der Waals surface area (Å²) < 4.78 is 40.1. The van der Waals surface area contributed by atoms with E-state index in [0.717, 1.165) is 38.9 Å². The zero-order valence-electron chi connectivity index (χ0n) is 20.6. The van der Waals surface area contributed by atoms with Crippen molar-refractivity contribution in [3.05, 3.63) is 89.4 Å². The van der Waals surface area contributed by atoms with E-state index in [-0.39, 0.29) is 0 Å². The lowest BCUT2D eigenvalue weighted by Crippen LogP contribution is -2.27. The van der Waals surface area contributed by atoms with Gasteiger partial charge in [-0.3, -0.25) is 4.79 Å². The minimum Gasteiger partial charge on any atom is -0.355 e. The molecule has 0 saturated heterocycles. The number of hydrogen-bond donors (Lipinski definition) is 1. The number of aryl methyl sites for hydroxylation is 1. The van der Waals surface area contributed by atoms with E-state index < -0.39 is 23.9 Å². The van der Waals surface area contributed by atoms with E-state index in [1.54, 1.807) is 29.9 Å². The lowest BCUT2D eigenvalue weighted by molar-refractivity contribution is -0.145. The number of benzene rings is 1. The highest BCUT2D eigenvalue weighted by atomic mass is 32.1. The van der Waals surface area contributed by atoms with E-state index in [1.807, 2.05) is 55.7 Å². The smallest absolute Gasteiger partial charge is 0.355 e. The Hall–Kier alpha value is -4.32. The van der Waals surface area contributed by atoms with Crippen LogP contribution in [-0.4, -0.2) is 42.6 Å². The number of aromatic nitrogens is 5. The predicted octanol–water partition coefficient (Wildman–Crippen LogP) is 5.58. The van der Waals surface area contributed by atoms with Gasteiger partial charge < -0.3 is 10.2 Å². The summed E-state index contributed by atoms with van der Waals surface area (Å²) in [5.74, 6) is -1.65. The topological polar surface area (TPSA) is 88.8 Å². The Morgan fingerprint density at radius 2 is 1.87 bits per heavy atom. The second-order valence-electron chi connectivity index (χ2n) is 8.76. The van der Waals surface area contributed by atoms with Crippen LogP contribution >= 0.6 is 11.3 Å². The van der Waals surface area contributed by atoms with E-state index in [4.69, 9.17) is 5.10 Å². The van der Waals surface area contributed by atoms with Gasteiger partial charge in [-0.25, -0.2) is 19.6 Å². The van der Waals surface area contributed by atoms with E-state index in [0.29, 0.717) is 16.6 Å². The van der Waals surface area contributed by atoms with Crippen LogP contribution in [0.1, 0.15) is 39.6 Å². The van der Waals surface area contributed by atoms with Crippen molar-refractivity contribution < 1.29 is 18.0 Å². The van der Waals surface area contributed by atoms with Crippen molar-refractivity contribution in [3.8, 4) is 10.6 Å². The van der Waals surface area contributed by atoms with Crippen LogP contribution in [0.4, 0.5) is 13.2 Å². The summed E-state index contributed by atoms with van der Waals surface area (Å²) in [6.45, 7) is 3.60. The quantitative estimate of drug-likeness (QED) is 0.358. The molecule has 1 aromatic carbocycles. The van der Waals surface area contributed by atoms with Gasteiger partial charge in [0.15, 0.2) is 0 Å². The first-order valence-corrected chi connectivity index (χ1v) is 12.4. The van der Waals surface area contributed by atoms with E-state index in [9.17, 15) is 18.0 Å². The van der Waals surface area contributed by atoms with Crippen LogP contribution in [0.2, 0.25) is 0 Å². The number of nitrogens with zero attached hydrogens (tertiary/aromatic N) is 6. The van der Waals surface area contributed by atoms with Gasteiger partial charge in [0.1, 0.15) is 5.01 Å². The summed E-state index contributed by atoms with van der Waals surface area (Å²) in [4.78, 5) is 27.5. The Morgan fingerprint density at radius 1 is 1.11 bits per heavy atom. The number of carbonyl (C=O) groups is 1. The molecule has 1 atom stereocenters. The fraction of sp³-hybridized carbons (Fsp3) is 0.192. The van der Waals surface area contributed by atoms with Crippen LogP contribution in [0.25, 0.3) is 27.2 Å². The van der Waals surface area contributed by atoms with E-state index in [2.05, 4.69) is 20.3 Å². The zero-order valence-corrected chi connectivity index (χ0v) is 21.4. The number of amides is 1. The second kappa shape index (κ2) is 9.86. The predicted molar refractivity (Wildman–Crippen MR) is 139 cm³/mol. The maximum atomic E-state index is 13.3. The van der Waals surface area contributed by atoms with E-state index in [1.165, 1.54) is 11.3 Å². The molecular weight excluding hydrogens is 515 g/mol. The number of rotatable bonds is 5. The van der Waals surface area contributed by atoms with Crippen molar-refractivity contribution >= 4 is 33.8 Å². The minimum atomic E-state index is -4.64. The number of fused-ring (bicyclic) bond motifs is 1. The highest BCUT2D eigenvalue weighted by Gasteiger charge is 2.34. The van der Waals surface area contributed by atoms with Crippen molar-refractivity contribution in [1.82, 2.24) is 34.9 Å². The lowest BCUT2D eigenvalue weighted by atomic mass is 10.1. The number of halogens is 3. The Morgan fingerprint density at radius 3 is 2.55 bits per heavy atom. The van der Waals surface area contributed by atoms with Gasteiger partial charge in [-0.05, 0) is 38.1 Å². The Balaban J connectivity index is 1.50. The summed E-state index contributed by atoms with van der Waals surface area (Å²) in [5, 5.41) is 9.12. The Labute approximate surface area is 219 Å². The first-order valence-electron chi connectivity index (χ1n) is 11.5. The molecular formula is C26H22F3N7OS. The molecule has 3 aromatic heterocycles. The van der Waals surface area contributed by atoms with Crippen LogP contribution in [0.5, 0.6) is 0 Å². The summed E-state index contributed by atoms with van der Waals surface area (Å²) in [6, 6.07) is 2.81. The standard InChI is InChI=1S/C26H22F3N7OS/c1-15-10-30-24(38-15)20-8-17(23(37)33-16(2)18-11-31-25(32-12-18)26(27,28)29)9-22-21(20)14-36(34-22)19-6-4-5-7-35(3)13-19/h4-14,16H,1-3H3,(H,33,37). The summed E-state index contributed by atoms with van der Waals surface area (Å²) >= 11 is 1.50. The molecule has 4 heterocycles. The SMILES string of the molecule is Cc1cnc(-c2cc(C(=O)NC(C)c3cnc(C(F)(F)F)nc3)cc3nn(C4=CN(C)C=CC=C4)cc23)s1. The van der Waals surface area contributed by atoms with Gasteiger partial charge in [-0.1, -0.05) is 6.08 Å². The van der Waals surface area contributed by atoms with Gasteiger partial charge in [0, 0.05) is 71.2 Å². The molecule has 1 aliphatic rings. The molecule has 0 aliphatic carbocycles. The molecule has 4 aromatic rings. The average Bonchev–Trinajstić information content (AvgIpc) is 3.44. The maximum Gasteiger partial charge on any atom is 0.451 e. The average molecular weight is 538 g/mol. The first kappa shape index (κ1) is 25.3. The van der Waals surface area contributed by atoms with Crippen LogP contribution in [-0.2, 0) is 6.18 Å². The fourth-order valence-electron chi connectivity index (χ4n) is 3.88. The summed E-state index contributed by atoms with van der Waals surface area (Å²) in [5.41, 5.74) is 2.87. The van der Waals surface area contributed by atoms with Gasteiger partial charge in [0.2, 0.25) is 5.82 Å². The van der Waals surface area contributed by atoms with Crippen LogP contribution in [0.3, 0.4) is 0 Å². The number of carbonyl (C=O) groups excluding carboxylic acids is 1. The van der Waals surface area contributed by atoms with Crippen molar-refractivity contribution in [2.24, 2.45) is 0 Å². The highest BCUT2D eigenvalue weighted by Crippen LogP contribution is 2.33. The molecule has 8 nitrogen and oxygen atoms in total. The molecule has 0 bridgehead atoms. The lowest BCUT2D eigenvalue weighted by Gasteiger charge is -2.15. The number of allylic oxidation sites excluding steroid dienone is 4. The molecule has 194 valence electrons. The van der Waals surface area contributed by atoms with Crippen LogP contribution < -0.4 is 5.32 Å². The van der Waals surface area contributed by atoms with Crippen molar-refractivity contribution in [2.45, 2.75) is 26.1 Å². The van der Waals surface area contributed by atoms with Crippen LogP contribution in [0, 0.1) is 6.92 Å². The molecule has 0 radical (unpaired) electrons. The molecule has 0 spiro atoms. The third kappa shape index (κ3) is 5.21. The molecule has 0 fully saturated rings. The fourth-order valence-corrected chi connectivity index (χ4v) is 4.68. The molecule has 1 aliphatic heterocycles. The number of alkyl halides is 3. The zero-order chi connectivity index (χ0) is 27.0. The molecule has 12 heteroatoms. The molecule has 1 N–H and O–H groups in total. The monoisotopic (exact) mass is 537 g/mol. The van der Waals surface area contributed by atoms with Gasteiger partial charge in [0.25, 0.3) is 5.91 Å². The maximum absolute atomic E-state index is 13.3. The second-order valence-corrected chi connectivity index (χ2v) is 9.99. The molecule has 0 saturated carbocycles. The summed E-state index contributed by atoms with van der Waals surface area (Å²) in [6.07, 6.45) is 10.8. The third-order valence-electron chi connectivity index (χ3n) is 5.81. The normalized spacial score (nSPS) is 14.5. The first-order chi connectivity index (χ1) is 18.1. The molecule has 1 unspecified atom stereocenters. The van der Waals surface area contributed by atoms with Crippen molar-refractivity contribution in [1.29, 1.82) is 0 Å². The number of nitrogens with one attached hydrogen (secondary N) is 1. The van der Waals surface area contributed by atoms with Gasteiger partial charge >= 0.3 is 6.18 Å². The Bertz CT molecular complexity index is 1600. The minimum absolute atomic E-state index is 0.342. The van der Waals surface area contributed by atoms with E-state index >= 15 is 0 Å². The van der Waals surface area contributed by atoms with Gasteiger partial charge in [-0.2, -0.15) is 18.3 Å². The Kier molecular flexibility index (Phi) is 6.57. The third-order valence-corrected chi connectivity index (χ3v) is 6.76. The highest BCUT2D eigenvalue weighted by molar-refractivity contribution is 7.15. The van der Waals surface area contributed by atoms with Crippen molar-refractivity contribution in [3.63, 3.8) is 0 Å². The number of thiazole rings is 1. The molecule has 1 amide bonds. The van der Waals surface area contributed by atoms with Gasteiger partial charge in [0.05, 0.1) is 17.3 Å². The van der Waals surface area contributed by atoms with Gasteiger partial charge in [-0.15, -0.1) is 11.3 Å².